The van der Waals surface area contributed by atoms with Crippen molar-refractivity contribution >= 4 is 45.3 Å². The molecule has 0 heterocycles. The maximum absolute atomic E-state index is 6.59. The van der Waals surface area contributed by atoms with Crippen LogP contribution in [0.15, 0.2) is 72.8 Å². The average molecular weight is 405 g/mol. The standard InChI is InChI=1S/C20H14Cl3OSi/c21-17-10-4-1-7-14(17)20(13-24-25,15-8-2-5-11-18(15)22)16-9-3-6-12-19(16)23/h1-12H,13H2. The van der Waals surface area contributed by atoms with Gasteiger partial charge in [0, 0.05) is 15.1 Å². The van der Waals surface area contributed by atoms with E-state index in [9.17, 15) is 0 Å². The van der Waals surface area contributed by atoms with Crippen LogP contribution in [0.4, 0.5) is 0 Å². The first-order valence-electron chi connectivity index (χ1n) is 7.65. The second kappa shape index (κ2) is 7.94. The highest BCUT2D eigenvalue weighted by molar-refractivity contribution is 6.33. The molecule has 3 radical (unpaired) electrons. The van der Waals surface area contributed by atoms with E-state index >= 15 is 0 Å². The zero-order chi connectivity index (χ0) is 17.9. The van der Waals surface area contributed by atoms with Gasteiger partial charge in [-0.3, -0.25) is 0 Å². The summed E-state index contributed by atoms with van der Waals surface area (Å²) in [5.74, 6) is 0. The predicted molar refractivity (Wildman–Crippen MR) is 106 cm³/mol. The van der Waals surface area contributed by atoms with Crippen LogP contribution in [0.25, 0.3) is 0 Å². The largest absolute Gasteiger partial charge is 0.417 e. The third-order valence-electron chi connectivity index (χ3n) is 4.29. The molecule has 0 atom stereocenters. The molecule has 0 fully saturated rings. The first kappa shape index (κ1) is 18.5. The van der Waals surface area contributed by atoms with Crippen molar-refractivity contribution in [1.29, 1.82) is 0 Å². The lowest BCUT2D eigenvalue weighted by Gasteiger charge is -2.37. The highest BCUT2D eigenvalue weighted by atomic mass is 35.5. The average Bonchev–Trinajstić information content (AvgIpc) is 2.62. The van der Waals surface area contributed by atoms with Crippen molar-refractivity contribution in [2.45, 2.75) is 5.41 Å². The molecule has 0 unspecified atom stereocenters. The van der Waals surface area contributed by atoms with E-state index in [1.165, 1.54) is 0 Å². The minimum Gasteiger partial charge on any atom is -0.417 e. The molecule has 3 aromatic rings. The lowest BCUT2D eigenvalue weighted by atomic mass is 9.70. The second-order valence-electron chi connectivity index (χ2n) is 5.63. The molecule has 0 saturated carbocycles. The van der Waals surface area contributed by atoms with Gasteiger partial charge in [-0.2, -0.15) is 0 Å². The fourth-order valence-corrected chi connectivity index (χ4v) is 4.31. The fraction of sp³-hybridized carbons (Fsp3) is 0.100. The van der Waals surface area contributed by atoms with E-state index in [1.54, 1.807) is 0 Å². The van der Waals surface area contributed by atoms with Crippen LogP contribution in [0.3, 0.4) is 0 Å². The Labute approximate surface area is 166 Å². The van der Waals surface area contributed by atoms with E-state index in [0.717, 1.165) is 16.7 Å². The molecule has 0 N–H and O–H groups in total. The Morgan fingerprint density at radius 3 is 1.24 bits per heavy atom. The third kappa shape index (κ3) is 3.38. The number of halogens is 3. The molecule has 25 heavy (non-hydrogen) atoms. The maximum Gasteiger partial charge on any atom is 0.246 e. The molecule has 0 bridgehead atoms. The van der Waals surface area contributed by atoms with Crippen molar-refractivity contribution in [3.05, 3.63) is 105 Å². The van der Waals surface area contributed by atoms with E-state index < -0.39 is 5.41 Å². The van der Waals surface area contributed by atoms with Crippen LogP contribution < -0.4 is 0 Å². The van der Waals surface area contributed by atoms with Crippen molar-refractivity contribution < 1.29 is 4.43 Å². The van der Waals surface area contributed by atoms with Crippen molar-refractivity contribution in [1.82, 2.24) is 0 Å². The van der Waals surface area contributed by atoms with Gasteiger partial charge in [0.15, 0.2) is 0 Å². The predicted octanol–water partition coefficient (Wildman–Crippen LogP) is 6.08. The normalized spacial score (nSPS) is 11.5. The van der Waals surface area contributed by atoms with Crippen LogP contribution in [-0.2, 0) is 9.84 Å². The molecule has 125 valence electrons. The minimum absolute atomic E-state index is 0.265. The second-order valence-corrected chi connectivity index (χ2v) is 7.14. The summed E-state index contributed by atoms with van der Waals surface area (Å²) in [4.78, 5) is 0. The fourth-order valence-electron chi connectivity index (χ4n) is 3.20. The molecule has 0 aromatic heterocycles. The van der Waals surface area contributed by atoms with E-state index in [4.69, 9.17) is 39.2 Å². The zero-order valence-corrected chi connectivity index (χ0v) is 16.4. The van der Waals surface area contributed by atoms with Gasteiger partial charge in [0.05, 0.1) is 12.0 Å². The molecular formula is C20H14Cl3OSi. The minimum atomic E-state index is -0.767. The summed E-state index contributed by atoms with van der Waals surface area (Å²) >= 11 is 19.8. The highest BCUT2D eigenvalue weighted by Crippen LogP contribution is 2.47. The van der Waals surface area contributed by atoms with Crippen LogP contribution >= 0.6 is 34.8 Å². The number of hydrogen-bond acceptors (Lipinski definition) is 1. The molecular weight excluding hydrogens is 391 g/mol. The summed E-state index contributed by atoms with van der Waals surface area (Å²) in [5, 5.41) is 1.85. The van der Waals surface area contributed by atoms with Crippen molar-refractivity contribution in [3.63, 3.8) is 0 Å². The smallest absolute Gasteiger partial charge is 0.246 e. The van der Waals surface area contributed by atoms with Crippen molar-refractivity contribution in [2.24, 2.45) is 0 Å². The number of benzene rings is 3. The van der Waals surface area contributed by atoms with Gasteiger partial charge in [0.25, 0.3) is 0 Å². The van der Waals surface area contributed by atoms with Crippen LogP contribution in [-0.4, -0.2) is 17.1 Å². The van der Waals surface area contributed by atoms with Gasteiger partial charge in [0.2, 0.25) is 10.5 Å². The summed E-state index contributed by atoms with van der Waals surface area (Å²) in [7, 11) is 3.18. The van der Waals surface area contributed by atoms with E-state index in [-0.39, 0.29) is 6.61 Å². The third-order valence-corrected chi connectivity index (χ3v) is 5.42. The van der Waals surface area contributed by atoms with Gasteiger partial charge in [-0.1, -0.05) is 89.4 Å². The molecule has 3 rings (SSSR count). The van der Waals surface area contributed by atoms with Crippen LogP contribution in [0, 0.1) is 0 Å². The summed E-state index contributed by atoms with van der Waals surface area (Å²) in [6.45, 7) is 0.265. The van der Waals surface area contributed by atoms with Crippen LogP contribution in [0.5, 0.6) is 0 Å². The molecule has 0 aliphatic carbocycles. The highest BCUT2D eigenvalue weighted by Gasteiger charge is 2.40. The quantitative estimate of drug-likeness (QED) is 0.370. The van der Waals surface area contributed by atoms with Crippen LogP contribution in [0.1, 0.15) is 16.7 Å². The van der Waals surface area contributed by atoms with Gasteiger partial charge in [0.1, 0.15) is 0 Å². The monoisotopic (exact) mass is 403 g/mol. The first-order valence-corrected chi connectivity index (χ1v) is 9.19. The van der Waals surface area contributed by atoms with E-state index in [2.05, 4.69) is 10.5 Å². The Kier molecular flexibility index (Phi) is 5.88. The summed E-state index contributed by atoms with van der Waals surface area (Å²) in [6.07, 6.45) is 0. The van der Waals surface area contributed by atoms with Gasteiger partial charge >= 0.3 is 0 Å². The summed E-state index contributed by atoms with van der Waals surface area (Å²) in [6, 6.07) is 23.0. The molecule has 0 saturated heterocycles. The molecule has 0 aliphatic rings. The number of hydrogen-bond donors (Lipinski definition) is 0. The summed E-state index contributed by atoms with van der Waals surface area (Å²) in [5.41, 5.74) is 1.85. The maximum atomic E-state index is 6.59. The zero-order valence-electron chi connectivity index (χ0n) is 13.2. The van der Waals surface area contributed by atoms with Gasteiger partial charge in [-0.05, 0) is 34.9 Å². The Morgan fingerprint density at radius 1 is 0.640 bits per heavy atom. The molecule has 0 spiro atoms. The van der Waals surface area contributed by atoms with E-state index in [0.29, 0.717) is 15.1 Å². The Morgan fingerprint density at radius 2 is 0.960 bits per heavy atom. The molecule has 0 aliphatic heterocycles. The van der Waals surface area contributed by atoms with Crippen molar-refractivity contribution in [3.8, 4) is 0 Å². The lowest BCUT2D eigenvalue weighted by molar-refractivity contribution is 0.289. The van der Waals surface area contributed by atoms with Gasteiger partial charge in [-0.15, -0.1) is 0 Å². The van der Waals surface area contributed by atoms with Crippen LogP contribution in [0.2, 0.25) is 15.1 Å². The molecule has 5 heteroatoms. The Balaban J connectivity index is 2.44. The number of rotatable bonds is 5. The van der Waals surface area contributed by atoms with E-state index in [1.807, 2.05) is 72.8 Å². The summed E-state index contributed by atoms with van der Waals surface area (Å²) < 4.78 is 5.47. The van der Waals surface area contributed by atoms with Crippen molar-refractivity contribution in [2.75, 3.05) is 6.61 Å². The lowest BCUT2D eigenvalue weighted by Crippen LogP contribution is -2.35. The topological polar surface area (TPSA) is 9.23 Å². The molecule has 3 aromatic carbocycles. The molecule has 1 nitrogen and oxygen atoms in total. The van der Waals surface area contributed by atoms with Gasteiger partial charge in [-0.25, -0.2) is 0 Å². The Bertz CT molecular complexity index is 771. The van der Waals surface area contributed by atoms with Gasteiger partial charge < -0.3 is 4.43 Å². The SMILES string of the molecule is [Si]OCC(c1ccccc1Cl)(c1ccccc1Cl)c1ccccc1Cl. The Hall–Kier alpha value is -1.29. The first-order chi connectivity index (χ1) is 12.1. The molecule has 0 amide bonds.